The van der Waals surface area contributed by atoms with Crippen molar-refractivity contribution in [3.8, 4) is 0 Å². The molecule has 0 bridgehead atoms. The molecule has 13 heteroatoms. The molecular weight excluding hydrogens is 763 g/mol. The summed E-state index contributed by atoms with van der Waals surface area (Å²) < 4.78 is 32.1. The number of hydrogen-bond donors (Lipinski definition) is 5. The first kappa shape index (κ1) is 54.4. The van der Waals surface area contributed by atoms with Crippen LogP contribution in [0.2, 0.25) is 0 Å². The fraction of sp³-hybridized carbons (Fsp3) is 0.867. The normalized spacial score (nSPS) is 19.9. The predicted molar refractivity (Wildman–Crippen MR) is 229 cm³/mol. The van der Waals surface area contributed by atoms with Crippen LogP contribution in [0.25, 0.3) is 0 Å². The highest BCUT2D eigenvalue weighted by molar-refractivity contribution is 7.46. The zero-order valence-corrected chi connectivity index (χ0v) is 37.3. The van der Waals surface area contributed by atoms with E-state index in [1.54, 1.807) is 12.2 Å². The van der Waals surface area contributed by atoms with Crippen molar-refractivity contribution in [2.45, 2.75) is 225 Å². The summed E-state index contributed by atoms with van der Waals surface area (Å²) in [5, 5.41) is 30.9. The molecule has 0 aromatic carbocycles. The standard InChI is InChI=1S/C45H83O12P/c1-4-5-22-28-38(46)32-33-42-40(41(47)34-45(50)57-42)29-24-20-21-26-31-44(49)56-39(36-55-58(51,52)53)35-54-43(48)30-25-19-17-15-13-11-9-7-6-8-10-12-14-16-18-23-27-37(2)3/h20,24,32-33,37-42,45-47,50H,4-19,21-23,25-31,34-36H2,1-3H3,(H2,51,52,53)/b24-20-,33-32+/t38-,39+,40-,41-,42+,45?/m0/s1. The van der Waals surface area contributed by atoms with Gasteiger partial charge in [-0.3, -0.25) is 14.1 Å². The monoisotopic (exact) mass is 847 g/mol. The number of carbonyl (C=O) groups is 2. The molecule has 0 amide bonds. The number of allylic oxidation sites excluding steroid dienone is 2. The maximum atomic E-state index is 12.6. The Hall–Kier alpha value is -1.63. The van der Waals surface area contributed by atoms with Crippen molar-refractivity contribution in [3.63, 3.8) is 0 Å². The van der Waals surface area contributed by atoms with Gasteiger partial charge in [0, 0.05) is 25.2 Å². The van der Waals surface area contributed by atoms with Gasteiger partial charge in [-0.25, -0.2) is 4.57 Å². The maximum absolute atomic E-state index is 12.6. The summed E-state index contributed by atoms with van der Waals surface area (Å²) in [5.41, 5.74) is 0. The first-order valence-corrected chi connectivity index (χ1v) is 24.4. The average molecular weight is 847 g/mol. The smallest absolute Gasteiger partial charge is 0.462 e. The number of esters is 2. The van der Waals surface area contributed by atoms with Crippen molar-refractivity contribution in [1.29, 1.82) is 0 Å². The molecule has 1 rings (SSSR count). The third-order valence-electron chi connectivity index (χ3n) is 10.7. The third kappa shape index (κ3) is 32.2. The minimum atomic E-state index is -4.83. The second-order valence-corrected chi connectivity index (χ2v) is 18.0. The summed E-state index contributed by atoms with van der Waals surface area (Å²) in [6.45, 7) is 5.71. The molecule has 0 saturated carbocycles. The summed E-state index contributed by atoms with van der Waals surface area (Å²) in [7, 11) is -4.83. The Labute approximate surface area is 351 Å². The summed E-state index contributed by atoms with van der Waals surface area (Å²) in [4.78, 5) is 43.2. The summed E-state index contributed by atoms with van der Waals surface area (Å²) in [5.74, 6) is -0.564. The zero-order valence-electron chi connectivity index (χ0n) is 36.4. The first-order chi connectivity index (χ1) is 27.8. The molecule has 0 aromatic rings. The van der Waals surface area contributed by atoms with E-state index in [2.05, 4.69) is 25.3 Å². The van der Waals surface area contributed by atoms with Crippen molar-refractivity contribution in [3.05, 3.63) is 24.3 Å². The topological polar surface area (TPSA) is 189 Å². The van der Waals surface area contributed by atoms with E-state index in [9.17, 15) is 29.5 Å². The Balaban J connectivity index is 2.26. The number of phosphoric acid groups is 1. The van der Waals surface area contributed by atoms with Crippen molar-refractivity contribution < 1.29 is 58.0 Å². The first-order valence-electron chi connectivity index (χ1n) is 22.9. The Kier molecular flexibility index (Phi) is 32.8. The largest absolute Gasteiger partial charge is 0.469 e. The maximum Gasteiger partial charge on any atom is 0.469 e. The van der Waals surface area contributed by atoms with E-state index in [0.29, 0.717) is 32.1 Å². The molecule has 0 aliphatic carbocycles. The van der Waals surface area contributed by atoms with Crippen LogP contribution in [0.4, 0.5) is 0 Å². The highest BCUT2D eigenvalue weighted by Gasteiger charge is 2.35. The number of aliphatic hydroxyl groups is 3. The Bertz CT molecular complexity index is 1120. The Morgan fingerprint density at radius 1 is 0.741 bits per heavy atom. The molecule has 12 nitrogen and oxygen atoms in total. The van der Waals surface area contributed by atoms with Gasteiger partial charge in [-0.2, -0.15) is 0 Å². The van der Waals surface area contributed by atoms with Gasteiger partial charge in [0.1, 0.15) is 6.61 Å². The van der Waals surface area contributed by atoms with Crippen molar-refractivity contribution in [2.75, 3.05) is 13.2 Å². The minimum absolute atomic E-state index is 0.0200. The van der Waals surface area contributed by atoms with Crippen LogP contribution < -0.4 is 0 Å². The SMILES string of the molecule is CCCCC[C@H](O)/C=C/[C@H]1OC(O)C[C@H](O)[C@@H]1C/C=C\CCCC(=O)O[C@H](COC(=O)CCCCCCCCCCCCCCCCCCC(C)C)COP(=O)(O)O. The fourth-order valence-corrected chi connectivity index (χ4v) is 7.55. The number of rotatable bonds is 37. The van der Waals surface area contributed by atoms with Gasteiger partial charge in [-0.05, 0) is 38.0 Å². The van der Waals surface area contributed by atoms with E-state index in [-0.39, 0.29) is 31.8 Å². The molecule has 5 N–H and O–H groups in total. The van der Waals surface area contributed by atoms with Gasteiger partial charge in [0.05, 0.1) is 24.9 Å². The van der Waals surface area contributed by atoms with Crippen molar-refractivity contribution >= 4 is 19.8 Å². The summed E-state index contributed by atoms with van der Waals surface area (Å²) >= 11 is 0. The van der Waals surface area contributed by atoms with Gasteiger partial charge in [0.2, 0.25) is 0 Å². The highest BCUT2D eigenvalue weighted by Crippen LogP contribution is 2.36. The lowest BCUT2D eigenvalue weighted by atomic mass is 9.87. The molecular formula is C45H83O12P. The van der Waals surface area contributed by atoms with Crippen molar-refractivity contribution in [2.24, 2.45) is 11.8 Å². The lowest BCUT2D eigenvalue weighted by molar-refractivity contribution is -0.199. The lowest BCUT2D eigenvalue weighted by Gasteiger charge is -2.36. The molecule has 0 aromatic heterocycles. The van der Waals surface area contributed by atoms with E-state index in [1.165, 1.54) is 83.5 Å². The van der Waals surface area contributed by atoms with E-state index in [4.69, 9.17) is 24.0 Å². The number of carbonyl (C=O) groups excluding carboxylic acids is 2. The van der Waals surface area contributed by atoms with E-state index in [0.717, 1.165) is 44.4 Å². The molecule has 1 saturated heterocycles. The molecule has 58 heavy (non-hydrogen) atoms. The van der Waals surface area contributed by atoms with Crippen LogP contribution in [0.3, 0.4) is 0 Å². The number of phosphoric ester groups is 1. The second kappa shape index (κ2) is 35.0. The predicted octanol–water partition coefficient (Wildman–Crippen LogP) is 9.93. The number of hydrogen-bond acceptors (Lipinski definition) is 10. The van der Waals surface area contributed by atoms with Gasteiger partial charge in [0.25, 0.3) is 0 Å². The van der Waals surface area contributed by atoms with Crippen LogP contribution in [0.1, 0.15) is 194 Å². The van der Waals surface area contributed by atoms with E-state index in [1.807, 2.05) is 12.2 Å². The molecule has 0 radical (unpaired) electrons. The highest BCUT2D eigenvalue weighted by atomic mass is 31.2. The minimum Gasteiger partial charge on any atom is -0.462 e. The van der Waals surface area contributed by atoms with Crippen molar-refractivity contribution in [1.82, 2.24) is 0 Å². The third-order valence-corrected chi connectivity index (χ3v) is 11.2. The van der Waals surface area contributed by atoms with Crippen LogP contribution in [0, 0.1) is 11.8 Å². The van der Waals surface area contributed by atoms with Crippen LogP contribution >= 0.6 is 7.82 Å². The van der Waals surface area contributed by atoms with Gasteiger partial charge in [-0.15, -0.1) is 0 Å². The molecule has 0 spiro atoms. The van der Waals surface area contributed by atoms with Gasteiger partial charge < -0.3 is 39.3 Å². The lowest BCUT2D eigenvalue weighted by Crippen LogP contribution is -2.43. The van der Waals surface area contributed by atoms with Crippen LogP contribution in [-0.2, 0) is 32.9 Å². The van der Waals surface area contributed by atoms with Crippen LogP contribution in [-0.4, -0.2) is 81.0 Å². The molecule has 6 atom stereocenters. The molecule has 1 aliphatic heterocycles. The number of ether oxygens (including phenoxy) is 3. The zero-order chi connectivity index (χ0) is 42.9. The Morgan fingerprint density at radius 3 is 1.86 bits per heavy atom. The van der Waals surface area contributed by atoms with Crippen LogP contribution in [0.15, 0.2) is 24.3 Å². The number of unbranched alkanes of at least 4 members (excludes halogenated alkanes) is 18. The molecule has 340 valence electrons. The molecule has 1 unspecified atom stereocenters. The molecule has 1 heterocycles. The van der Waals surface area contributed by atoms with E-state index >= 15 is 0 Å². The Morgan fingerprint density at radius 2 is 1.29 bits per heavy atom. The number of aliphatic hydroxyl groups excluding tert-OH is 3. The fourth-order valence-electron chi connectivity index (χ4n) is 7.19. The van der Waals surface area contributed by atoms with Gasteiger partial charge in [0.15, 0.2) is 12.4 Å². The van der Waals surface area contributed by atoms with Crippen LogP contribution in [0.5, 0.6) is 0 Å². The quantitative estimate of drug-likeness (QED) is 0.0173. The summed E-state index contributed by atoms with van der Waals surface area (Å²) in [6.07, 6.45) is 29.5. The second-order valence-electron chi connectivity index (χ2n) is 16.7. The summed E-state index contributed by atoms with van der Waals surface area (Å²) in [6, 6.07) is 0. The van der Waals surface area contributed by atoms with E-state index < -0.39 is 57.1 Å². The van der Waals surface area contributed by atoms with Gasteiger partial charge >= 0.3 is 19.8 Å². The average Bonchev–Trinajstić information content (AvgIpc) is 3.16. The molecule has 1 fully saturated rings. The molecule has 1 aliphatic rings. The van der Waals surface area contributed by atoms with Gasteiger partial charge in [-0.1, -0.05) is 167 Å².